The van der Waals surface area contributed by atoms with Crippen molar-refractivity contribution in [3.05, 3.63) is 18.3 Å². The van der Waals surface area contributed by atoms with Gasteiger partial charge in [0.2, 0.25) is 10.0 Å². The Morgan fingerprint density at radius 3 is 2.26 bits per heavy atom. The lowest BCUT2D eigenvalue weighted by atomic mass is 10.1. The van der Waals surface area contributed by atoms with Crippen LogP contribution in [0.1, 0.15) is 47.5 Å². The standard InChI is InChI=1S/C21H35N5O4S/c1-15-13-26(14-16(2)30-15)19-7-6-18(12-22-19)23-20(27)25-10-8-17(9-11-25)24-31(28,29)21(3,4)5/h6-7,12,15-17,24H,8-11,13-14H2,1-5H3,(H,23,27). The van der Waals surface area contributed by atoms with Crippen LogP contribution in [0.2, 0.25) is 0 Å². The van der Waals surface area contributed by atoms with Gasteiger partial charge in [-0.1, -0.05) is 0 Å². The first-order chi connectivity index (χ1) is 14.4. The summed E-state index contributed by atoms with van der Waals surface area (Å²) in [5, 5.41) is 2.89. The van der Waals surface area contributed by atoms with Crippen molar-refractivity contribution in [1.29, 1.82) is 0 Å². The zero-order valence-electron chi connectivity index (χ0n) is 19.1. The van der Waals surface area contributed by atoms with E-state index in [0.717, 1.165) is 18.9 Å². The highest BCUT2D eigenvalue weighted by atomic mass is 32.2. The van der Waals surface area contributed by atoms with E-state index >= 15 is 0 Å². The molecule has 0 saturated carbocycles. The number of sulfonamides is 1. The number of anilines is 2. The third kappa shape index (κ3) is 6.08. The Kier molecular flexibility index (Phi) is 7.12. The molecule has 10 heteroatoms. The summed E-state index contributed by atoms with van der Waals surface area (Å²) in [6.07, 6.45) is 3.16. The van der Waals surface area contributed by atoms with E-state index in [1.54, 1.807) is 31.9 Å². The number of nitrogens with one attached hydrogen (secondary N) is 2. The number of carbonyl (C=O) groups excluding carboxylic acids is 1. The van der Waals surface area contributed by atoms with Gasteiger partial charge in [-0.2, -0.15) is 0 Å². The molecule has 3 heterocycles. The molecule has 31 heavy (non-hydrogen) atoms. The number of ether oxygens (including phenoxy) is 1. The second kappa shape index (κ2) is 9.30. The van der Waals surface area contributed by atoms with Gasteiger partial charge in [0.15, 0.2) is 0 Å². The minimum absolute atomic E-state index is 0.146. The summed E-state index contributed by atoms with van der Waals surface area (Å²) in [6.45, 7) is 11.7. The summed E-state index contributed by atoms with van der Waals surface area (Å²) in [6, 6.07) is 3.43. The molecular formula is C21H35N5O4S. The Morgan fingerprint density at radius 2 is 1.74 bits per heavy atom. The van der Waals surface area contributed by atoms with Crippen molar-refractivity contribution >= 4 is 27.6 Å². The highest BCUT2D eigenvalue weighted by Gasteiger charge is 2.33. The minimum Gasteiger partial charge on any atom is -0.372 e. The first kappa shape index (κ1) is 23.7. The molecule has 0 aromatic carbocycles. The molecule has 3 rings (SSSR count). The third-order valence-electron chi connectivity index (χ3n) is 5.65. The summed E-state index contributed by atoms with van der Waals surface area (Å²) in [7, 11) is -3.39. The Labute approximate surface area is 185 Å². The van der Waals surface area contributed by atoms with Crippen LogP contribution in [0.4, 0.5) is 16.3 Å². The number of hydrogen-bond donors (Lipinski definition) is 2. The lowest BCUT2D eigenvalue weighted by Crippen LogP contribution is -2.50. The first-order valence-electron chi connectivity index (χ1n) is 10.9. The normalized spacial score (nSPS) is 23.6. The maximum absolute atomic E-state index is 12.6. The van der Waals surface area contributed by atoms with Gasteiger partial charge >= 0.3 is 6.03 Å². The van der Waals surface area contributed by atoms with Crippen molar-refractivity contribution in [2.45, 2.75) is 70.5 Å². The number of nitrogens with zero attached hydrogens (tertiary/aromatic N) is 3. The predicted molar refractivity (Wildman–Crippen MR) is 122 cm³/mol. The van der Waals surface area contributed by atoms with Gasteiger partial charge in [-0.25, -0.2) is 22.9 Å². The second-order valence-electron chi connectivity index (χ2n) is 9.49. The molecule has 0 spiro atoms. The van der Waals surface area contributed by atoms with Crippen LogP contribution >= 0.6 is 0 Å². The zero-order valence-corrected chi connectivity index (χ0v) is 19.9. The van der Waals surface area contributed by atoms with Crippen LogP contribution < -0.4 is 14.9 Å². The fraction of sp³-hybridized carbons (Fsp3) is 0.714. The molecule has 0 bridgehead atoms. The Balaban J connectivity index is 1.50. The van der Waals surface area contributed by atoms with Crippen molar-refractivity contribution in [1.82, 2.24) is 14.6 Å². The van der Waals surface area contributed by atoms with Gasteiger partial charge in [-0.15, -0.1) is 0 Å². The molecule has 1 aromatic heterocycles. The van der Waals surface area contributed by atoms with Crippen molar-refractivity contribution in [3.63, 3.8) is 0 Å². The number of pyridine rings is 1. The van der Waals surface area contributed by atoms with Gasteiger partial charge in [0, 0.05) is 32.2 Å². The van der Waals surface area contributed by atoms with Crippen molar-refractivity contribution in [2.75, 3.05) is 36.4 Å². The summed E-state index contributed by atoms with van der Waals surface area (Å²) in [5.41, 5.74) is 0.638. The lowest BCUT2D eigenvalue weighted by Gasteiger charge is -2.36. The van der Waals surface area contributed by atoms with E-state index in [1.165, 1.54) is 0 Å². The van der Waals surface area contributed by atoms with Gasteiger partial charge in [-0.3, -0.25) is 0 Å². The molecular weight excluding hydrogens is 418 g/mol. The highest BCUT2D eigenvalue weighted by Crippen LogP contribution is 2.21. The van der Waals surface area contributed by atoms with E-state index in [0.29, 0.717) is 31.6 Å². The van der Waals surface area contributed by atoms with Crippen LogP contribution in [0, 0.1) is 0 Å². The van der Waals surface area contributed by atoms with Gasteiger partial charge < -0.3 is 19.9 Å². The number of hydrogen-bond acceptors (Lipinski definition) is 6. The molecule has 9 nitrogen and oxygen atoms in total. The van der Waals surface area contributed by atoms with E-state index in [9.17, 15) is 13.2 Å². The fourth-order valence-electron chi connectivity index (χ4n) is 3.81. The number of urea groups is 1. The highest BCUT2D eigenvalue weighted by molar-refractivity contribution is 7.90. The number of aromatic nitrogens is 1. The minimum atomic E-state index is -3.39. The second-order valence-corrected chi connectivity index (χ2v) is 12.0. The first-order valence-corrected chi connectivity index (χ1v) is 12.4. The number of amides is 2. The number of likely N-dealkylation sites (tertiary alicyclic amines) is 1. The van der Waals surface area contributed by atoms with E-state index < -0.39 is 14.8 Å². The third-order valence-corrected chi connectivity index (χ3v) is 7.91. The summed E-state index contributed by atoms with van der Waals surface area (Å²) < 4.78 is 32.4. The van der Waals surface area contributed by atoms with Crippen LogP contribution in [0.5, 0.6) is 0 Å². The quantitative estimate of drug-likeness (QED) is 0.726. The number of morpholine rings is 1. The molecule has 174 valence electrons. The van der Waals surface area contributed by atoms with Crippen LogP contribution in [0.3, 0.4) is 0 Å². The molecule has 2 aliphatic heterocycles. The van der Waals surface area contributed by atoms with Crippen LogP contribution in [-0.2, 0) is 14.8 Å². The summed E-state index contributed by atoms with van der Waals surface area (Å²) >= 11 is 0. The molecule has 2 amide bonds. The van der Waals surface area contributed by atoms with Crippen LogP contribution in [0.15, 0.2) is 18.3 Å². The Morgan fingerprint density at radius 1 is 1.13 bits per heavy atom. The van der Waals surface area contributed by atoms with Crippen molar-refractivity contribution in [2.24, 2.45) is 0 Å². The van der Waals surface area contributed by atoms with Crippen LogP contribution in [0.25, 0.3) is 0 Å². The SMILES string of the molecule is CC1CN(c2ccc(NC(=O)N3CCC(NS(=O)(=O)C(C)(C)C)CC3)cn2)CC(C)O1. The molecule has 2 atom stereocenters. The average molecular weight is 454 g/mol. The maximum Gasteiger partial charge on any atom is 0.321 e. The molecule has 0 aliphatic carbocycles. The maximum atomic E-state index is 12.6. The predicted octanol–water partition coefficient (Wildman–Crippen LogP) is 2.41. The largest absolute Gasteiger partial charge is 0.372 e. The van der Waals surface area contributed by atoms with E-state index in [1.807, 2.05) is 12.1 Å². The Hall–Kier alpha value is -1.91. The average Bonchev–Trinajstić information content (AvgIpc) is 2.67. The molecule has 2 fully saturated rings. The molecule has 1 aromatic rings. The molecule has 2 unspecified atom stereocenters. The van der Waals surface area contributed by atoms with Gasteiger partial charge in [0.05, 0.1) is 28.8 Å². The molecule has 2 saturated heterocycles. The van der Waals surface area contributed by atoms with Crippen molar-refractivity contribution in [3.8, 4) is 0 Å². The lowest BCUT2D eigenvalue weighted by molar-refractivity contribution is -0.00545. The number of carbonyl (C=O) groups is 1. The Bertz CT molecular complexity index is 851. The topological polar surface area (TPSA) is 104 Å². The monoisotopic (exact) mass is 453 g/mol. The molecule has 0 radical (unpaired) electrons. The zero-order chi connectivity index (χ0) is 22.8. The molecule has 2 aliphatic rings. The van der Waals surface area contributed by atoms with E-state index in [-0.39, 0.29) is 24.3 Å². The summed E-state index contributed by atoms with van der Waals surface area (Å²) in [5.74, 6) is 0.868. The van der Waals surface area contributed by atoms with Gasteiger partial charge in [-0.05, 0) is 59.6 Å². The van der Waals surface area contributed by atoms with Gasteiger partial charge in [0.25, 0.3) is 0 Å². The smallest absolute Gasteiger partial charge is 0.321 e. The molecule has 2 N–H and O–H groups in total. The fourth-order valence-corrected chi connectivity index (χ4v) is 4.84. The van der Waals surface area contributed by atoms with Crippen LogP contribution in [-0.4, -0.2) is 73.5 Å². The van der Waals surface area contributed by atoms with Crippen molar-refractivity contribution < 1.29 is 17.9 Å². The number of rotatable bonds is 4. The van der Waals surface area contributed by atoms with E-state index in [2.05, 4.69) is 33.8 Å². The van der Waals surface area contributed by atoms with Gasteiger partial charge in [0.1, 0.15) is 5.82 Å². The number of piperidine rings is 1. The van der Waals surface area contributed by atoms with E-state index in [4.69, 9.17) is 4.74 Å². The summed E-state index contributed by atoms with van der Waals surface area (Å²) in [4.78, 5) is 21.0.